The zero-order valence-corrected chi connectivity index (χ0v) is 19.2. The van der Waals surface area contributed by atoms with Crippen molar-refractivity contribution >= 4 is 23.5 Å². The number of aryl methyl sites for hydroxylation is 1. The second kappa shape index (κ2) is 9.53. The molecule has 2 N–H and O–H groups in total. The molecule has 10 heteroatoms. The molecule has 35 heavy (non-hydrogen) atoms. The van der Waals surface area contributed by atoms with E-state index in [2.05, 4.69) is 25.5 Å². The van der Waals surface area contributed by atoms with Gasteiger partial charge in [0.25, 0.3) is 0 Å². The Bertz CT molecular complexity index is 1260. The molecule has 0 saturated carbocycles. The lowest BCUT2D eigenvalue weighted by Crippen LogP contribution is -2.43. The zero-order valence-electron chi connectivity index (χ0n) is 19.2. The molecule has 1 fully saturated rings. The highest BCUT2D eigenvalue weighted by Crippen LogP contribution is 2.39. The highest BCUT2D eigenvalue weighted by molar-refractivity contribution is 6.02. The van der Waals surface area contributed by atoms with E-state index in [1.165, 1.54) is 31.0 Å². The van der Waals surface area contributed by atoms with Crippen molar-refractivity contribution in [1.29, 1.82) is 0 Å². The average Bonchev–Trinajstić information content (AvgIpc) is 3.33. The van der Waals surface area contributed by atoms with Gasteiger partial charge in [-0.05, 0) is 68.8 Å². The number of likely N-dealkylation sites (tertiary alicyclic amines) is 1. The summed E-state index contributed by atoms with van der Waals surface area (Å²) >= 11 is 0. The summed E-state index contributed by atoms with van der Waals surface area (Å²) in [6.07, 6.45) is 2.34. The molecule has 0 atom stereocenters. The molecular weight excluding hydrogens is 457 g/mol. The Morgan fingerprint density at radius 1 is 1.06 bits per heavy atom. The van der Waals surface area contributed by atoms with Gasteiger partial charge >= 0.3 is 6.03 Å². The molecule has 3 heterocycles. The van der Waals surface area contributed by atoms with Crippen LogP contribution in [0.15, 0.2) is 36.4 Å². The summed E-state index contributed by atoms with van der Waals surface area (Å²) in [5, 5.41) is 5.85. The molecule has 5 rings (SSSR count). The minimum absolute atomic E-state index is 0.0565. The lowest BCUT2D eigenvalue weighted by molar-refractivity contribution is 0.246. The van der Waals surface area contributed by atoms with Crippen molar-refractivity contribution in [3.05, 3.63) is 65.0 Å². The molecule has 0 aliphatic carbocycles. The van der Waals surface area contributed by atoms with Gasteiger partial charge in [-0.3, -0.25) is 0 Å². The normalized spacial score (nSPS) is 15.8. The fraction of sp³-hybridized carbons (Fsp3) is 0.320. The van der Waals surface area contributed by atoms with Gasteiger partial charge in [0, 0.05) is 24.2 Å². The molecule has 7 nitrogen and oxygen atoms in total. The van der Waals surface area contributed by atoms with Gasteiger partial charge < -0.3 is 15.5 Å². The number of benzene rings is 2. The Labute approximate surface area is 201 Å². The fourth-order valence-corrected chi connectivity index (χ4v) is 4.60. The number of carbonyl (C=O) groups is 1. The maximum Gasteiger partial charge on any atom is 0.328 e. The average molecular weight is 483 g/mol. The van der Waals surface area contributed by atoms with Crippen LogP contribution in [0, 0.1) is 24.4 Å². The van der Waals surface area contributed by atoms with Gasteiger partial charge in [0.2, 0.25) is 5.95 Å². The molecule has 2 amide bonds. The fourth-order valence-electron chi connectivity index (χ4n) is 4.60. The summed E-state index contributed by atoms with van der Waals surface area (Å²) < 4.78 is 43.3. The van der Waals surface area contributed by atoms with E-state index in [9.17, 15) is 18.0 Å². The smallest absolute Gasteiger partial charge is 0.328 e. The second-order valence-corrected chi connectivity index (χ2v) is 8.70. The summed E-state index contributed by atoms with van der Waals surface area (Å²) in [6.45, 7) is 5.23. The summed E-state index contributed by atoms with van der Waals surface area (Å²) in [6, 6.07) is 7.02. The molecule has 0 unspecified atom stereocenters. The predicted octanol–water partition coefficient (Wildman–Crippen LogP) is 4.74. The predicted molar refractivity (Wildman–Crippen MR) is 127 cm³/mol. The minimum Gasteiger partial charge on any atom is -0.353 e. The number of urea groups is 1. The van der Waals surface area contributed by atoms with E-state index in [-0.39, 0.29) is 24.1 Å². The van der Waals surface area contributed by atoms with Crippen molar-refractivity contribution in [3.63, 3.8) is 0 Å². The second-order valence-electron chi connectivity index (χ2n) is 8.70. The van der Waals surface area contributed by atoms with Crippen LogP contribution < -0.4 is 15.5 Å². The van der Waals surface area contributed by atoms with E-state index >= 15 is 0 Å². The van der Waals surface area contributed by atoms with Crippen LogP contribution in [0.2, 0.25) is 0 Å². The number of anilines is 3. The van der Waals surface area contributed by atoms with Gasteiger partial charge in [-0.1, -0.05) is 6.07 Å². The molecule has 1 aromatic heterocycles. The third-order valence-corrected chi connectivity index (χ3v) is 6.33. The monoisotopic (exact) mass is 482 g/mol. The molecule has 2 aliphatic rings. The summed E-state index contributed by atoms with van der Waals surface area (Å²) in [4.78, 5) is 25.3. The summed E-state index contributed by atoms with van der Waals surface area (Å²) in [5.41, 5.74) is 1.69. The minimum atomic E-state index is -0.894. The Morgan fingerprint density at radius 3 is 2.51 bits per heavy atom. The number of hydrogen-bond donors (Lipinski definition) is 2. The van der Waals surface area contributed by atoms with E-state index < -0.39 is 23.4 Å². The van der Waals surface area contributed by atoms with E-state index in [4.69, 9.17) is 0 Å². The van der Waals surface area contributed by atoms with Gasteiger partial charge in [-0.25, -0.2) is 27.8 Å². The van der Waals surface area contributed by atoms with Gasteiger partial charge in [0.15, 0.2) is 5.82 Å². The molecule has 0 bridgehead atoms. The Kier molecular flexibility index (Phi) is 6.29. The summed E-state index contributed by atoms with van der Waals surface area (Å²) in [7, 11) is 0. The van der Waals surface area contributed by atoms with E-state index in [1.54, 1.807) is 13.0 Å². The van der Waals surface area contributed by atoms with Crippen LogP contribution in [0.5, 0.6) is 0 Å². The maximum atomic E-state index is 14.7. The number of hydrogen-bond acceptors (Lipinski definition) is 5. The first-order chi connectivity index (χ1) is 16.9. The number of carbonyl (C=O) groups excluding carboxylic acids is 1. The van der Waals surface area contributed by atoms with E-state index in [0.717, 1.165) is 36.7 Å². The lowest BCUT2D eigenvalue weighted by atomic mass is 10.00. The van der Waals surface area contributed by atoms with Crippen LogP contribution in [0.4, 0.5) is 35.4 Å². The first kappa shape index (κ1) is 23.1. The van der Waals surface area contributed by atoms with E-state index in [0.29, 0.717) is 28.9 Å². The number of nitrogens with zero attached hydrogens (tertiary/aromatic N) is 4. The number of halogens is 3. The topological polar surface area (TPSA) is 73.4 Å². The first-order valence-electron chi connectivity index (χ1n) is 11.6. The van der Waals surface area contributed by atoms with Gasteiger partial charge in [0.1, 0.15) is 23.1 Å². The number of aromatic nitrogens is 2. The lowest BCUT2D eigenvalue weighted by Gasteiger charge is -2.31. The largest absolute Gasteiger partial charge is 0.353 e. The number of para-hydroxylation sites is 1. The summed E-state index contributed by atoms with van der Waals surface area (Å²) in [5.74, 6) is -1.88. The van der Waals surface area contributed by atoms with Crippen LogP contribution in [-0.4, -0.2) is 47.1 Å². The van der Waals surface area contributed by atoms with Crippen molar-refractivity contribution in [2.24, 2.45) is 0 Å². The number of rotatable bonds is 6. The van der Waals surface area contributed by atoms with Crippen molar-refractivity contribution in [2.45, 2.75) is 26.3 Å². The van der Waals surface area contributed by atoms with Crippen LogP contribution in [0.25, 0.3) is 11.3 Å². The Balaban J connectivity index is 1.62. The highest BCUT2D eigenvalue weighted by Gasteiger charge is 2.34. The van der Waals surface area contributed by atoms with Crippen LogP contribution >= 0.6 is 0 Å². The molecule has 182 valence electrons. The van der Waals surface area contributed by atoms with Gasteiger partial charge in [-0.2, -0.15) is 4.98 Å². The molecule has 0 spiro atoms. The van der Waals surface area contributed by atoms with Crippen LogP contribution in [0.3, 0.4) is 0 Å². The number of nitrogens with one attached hydrogen (secondary N) is 2. The number of fused-ring (bicyclic) bond motifs is 1. The maximum absolute atomic E-state index is 14.7. The Morgan fingerprint density at radius 2 is 1.80 bits per heavy atom. The van der Waals surface area contributed by atoms with Gasteiger partial charge in [0.05, 0.1) is 12.2 Å². The van der Waals surface area contributed by atoms with E-state index in [1.807, 2.05) is 0 Å². The highest BCUT2D eigenvalue weighted by atomic mass is 19.1. The molecule has 2 aromatic carbocycles. The van der Waals surface area contributed by atoms with Crippen LogP contribution in [0.1, 0.15) is 24.0 Å². The molecule has 2 aliphatic heterocycles. The third kappa shape index (κ3) is 4.53. The molecule has 0 radical (unpaired) electrons. The SMILES string of the molecule is Cc1cc(F)ccc1-c1nc(NCCN2CCCC2)nc2c1CNC(=O)N2c1c(F)cccc1F. The van der Waals surface area contributed by atoms with Crippen LogP contribution in [-0.2, 0) is 6.54 Å². The van der Waals surface area contributed by atoms with Gasteiger partial charge in [-0.15, -0.1) is 0 Å². The third-order valence-electron chi connectivity index (χ3n) is 6.33. The molecule has 1 saturated heterocycles. The first-order valence-corrected chi connectivity index (χ1v) is 11.6. The quantitative estimate of drug-likeness (QED) is 0.531. The Hall–Kier alpha value is -3.66. The number of amides is 2. The van der Waals surface area contributed by atoms with Crippen molar-refractivity contribution in [1.82, 2.24) is 20.2 Å². The van der Waals surface area contributed by atoms with Crippen molar-refractivity contribution < 1.29 is 18.0 Å². The van der Waals surface area contributed by atoms with Crippen molar-refractivity contribution in [2.75, 3.05) is 36.4 Å². The zero-order chi connectivity index (χ0) is 24.5. The standard InChI is InChI=1S/C25H25F3N6O/c1-15-13-16(26)7-8-17(15)21-18-14-30-25(35)34(22-19(27)5-4-6-20(22)28)23(18)32-24(31-21)29-9-12-33-10-2-3-11-33/h4-8,13H,2-3,9-12,14H2,1H3,(H,30,35)(H,29,31,32). The van der Waals surface area contributed by atoms with Crippen molar-refractivity contribution in [3.8, 4) is 11.3 Å². The molecule has 3 aromatic rings. The molecular formula is C25H25F3N6O.